The van der Waals surface area contributed by atoms with Crippen molar-refractivity contribution < 1.29 is 4.74 Å². The summed E-state index contributed by atoms with van der Waals surface area (Å²) in [6.45, 7) is 4.98. The normalized spacial score (nSPS) is 10.3. The maximum atomic E-state index is 5.42. The first kappa shape index (κ1) is 15.2. The Morgan fingerprint density at radius 1 is 1.05 bits per heavy atom. The Labute approximate surface area is 127 Å². The molecule has 0 radical (unpaired) electrons. The molecule has 0 spiro atoms. The summed E-state index contributed by atoms with van der Waals surface area (Å²) in [7, 11) is 5.82. The lowest BCUT2D eigenvalue weighted by atomic mass is 10.1. The molecule has 0 bridgehead atoms. The molecular weight excluding hydrogens is 260 g/mol. The van der Waals surface area contributed by atoms with Gasteiger partial charge in [0.1, 0.15) is 5.75 Å². The van der Waals surface area contributed by atoms with E-state index in [2.05, 4.69) is 68.5 Å². The van der Waals surface area contributed by atoms with Crippen LogP contribution < -0.4 is 15.0 Å². The number of methoxy groups -OCH3 is 1. The molecule has 0 heterocycles. The largest absolute Gasteiger partial charge is 0.496 e. The second kappa shape index (κ2) is 6.53. The highest BCUT2D eigenvalue weighted by Crippen LogP contribution is 2.24. The first-order valence-corrected chi connectivity index (χ1v) is 7.16. The van der Waals surface area contributed by atoms with Gasteiger partial charge >= 0.3 is 0 Å². The van der Waals surface area contributed by atoms with Gasteiger partial charge in [0.25, 0.3) is 0 Å². The highest BCUT2D eigenvalue weighted by molar-refractivity contribution is 5.60. The van der Waals surface area contributed by atoms with Gasteiger partial charge in [0, 0.05) is 37.6 Å². The van der Waals surface area contributed by atoms with Crippen molar-refractivity contribution in [3.05, 3.63) is 53.1 Å². The van der Waals surface area contributed by atoms with Crippen molar-refractivity contribution in [2.24, 2.45) is 0 Å². The Hall–Kier alpha value is -2.16. The van der Waals surface area contributed by atoms with Crippen LogP contribution in [0.3, 0.4) is 0 Å². The number of aryl methyl sites for hydroxylation is 2. The van der Waals surface area contributed by atoms with Crippen molar-refractivity contribution in [3.8, 4) is 5.75 Å². The predicted octanol–water partition coefficient (Wildman–Crippen LogP) is 3.99. The van der Waals surface area contributed by atoms with Crippen LogP contribution >= 0.6 is 0 Å². The van der Waals surface area contributed by atoms with Crippen LogP contribution in [0.15, 0.2) is 36.4 Å². The zero-order chi connectivity index (χ0) is 15.4. The van der Waals surface area contributed by atoms with Gasteiger partial charge in [-0.3, -0.25) is 0 Å². The topological polar surface area (TPSA) is 24.5 Å². The third-order valence-corrected chi connectivity index (χ3v) is 3.63. The summed E-state index contributed by atoms with van der Waals surface area (Å²) < 4.78 is 5.42. The van der Waals surface area contributed by atoms with Crippen molar-refractivity contribution in [2.75, 3.05) is 31.4 Å². The summed E-state index contributed by atoms with van der Waals surface area (Å²) in [5.41, 5.74) is 6.03. The Kier molecular flexibility index (Phi) is 4.73. The standard InChI is InChI=1S/C18H24N2O/c1-13-6-9-18(21-5)15(10-13)12-19-17-8-7-16(20(3)4)11-14(17)2/h6-11,19H,12H2,1-5H3. The first-order chi connectivity index (χ1) is 10.0. The van der Waals surface area contributed by atoms with E-state index in [0.29, 0.717) is 0 Å². The molecule has 3 nitrogen and oxygen atoms in total. The van der Waals surface area contributed by atoms with Crippen molar-refractivity contribution in [1.82, 2.24) is 0 Å². The zero-order valence-corrected chi connectivity index (χ0v) is 13.5. The minimum absolute atomic E-state index is 0.757. The molecule has 2 aromatic rings. The number of hydrogen-bond acceptors (Lipinski definition) is 3. The fourth-order valence-electron chi connectivity index (χ4n) is 2.36. The van der Waals surface area contributed by atoms with Gasteiger partial charge < -0.3 is 15.0 Å². The van der Waals surface area contributed by atoms with Crippen LogP contribution in [0.1, 0.15) is 16.7 Å². The molecule has 0 fully saturated rings. The highest BCUT2D eigenvalue weighted by Gasteiger charge is 2.05. The molecule has 0 aliphatic rings. The summed E-state index contributed by atoms with van der Waals surface area (Å²) >= 11 is 0. The van der Waals surface area contributed by atoms with Crippen LogP contribution in [-0.4, -0.2) is 21.2 Å². The van der Waals surface area contributed by atoms with Crippen molar-refractivity contribution in [1.29, 1.82) is 0 Å². The third kappa shape index (κ3) is 3.69. The van der Waals surface area contributed by atoms with Gasteiger partial charge in [-0.25, -0.2) is 0 Å². The van der Waals surface area contributed by atoms with E-state index in [4.69, 9.17) is 4.74 Å². The summed E-state index contributed by atoms with van der Waals surface area (Å²) in [5, 5.41) is 3.50. The lowest BCUT2D eigenvalue weighted by Gasteiger charge is -2.17. The van der Waals surface area contributed by atoms with Gasteiger partial charge in [-0.2, -0.15) is 0 Å². The molecular formula is C18H24N2O. The predicted molar refractivity (Wildman–Crippen MR) is 90.6 cm³/mol. The number of hydrogen-bond donors (Lipinski definition) is 1. The number of nitrogens with one attached hydrogen (secondary N) is 1. The van der Waals surface area contributed by atoms with E-state index in [1.807, 2.05) is 6.07 Å². The Morgan fingerprint density at radius 2 is 1.81 bits per heavy atom. The Morgan fingerprint density at radius 3 is 2.43 bits per heavy atom. The fourth-order valence-corrected chi connectivity index (χ4v) is 2.36. The highest BCUT2D eigenvalue weighted by atomic mass is 16.5. The maximum absolute atomic E-state index is 5.42. The SMILES string of the molecule is COc1ccc(C)cc1CNc1ccc(N(C)C)cc1C. The minimum atomic E-state index is 0.757. The summed E-state index contributed by atoms with van der Waals surface area (Å²) in [4.78, 5) is 2.11. The van der Waals surface area contributed by atoms with E-state index in [1.54, 1.807) is 7.11 Å². The number of ether oxygens (including phenoxy) is 1. The molecule has 0 saturated carbocycles. The summed E-state index contributed by atoms with van der Waals surface area (Å²) in [6, 6.07) is 12.7. The lowest BCUT2D eigenvalue weighted by molar-refractivity contribution is 0.410. The molecule has 0 aliphatic carbocycles. The monoisotopic (exact) mass is 284 g/mol. The molecule has 0 amide bonds. The van der Waals surface area contributed by atoms with Crippen LogP contribution in [0.5, 0.6) is 5.75 Å². The second-order valence-corrected chi connectivity index (χ2v) is 5.56. The molecule has 2 rings (SSSR count). The van der Waals surface area contributed by atoms with Gasteiger partial charge in [-0.15, -0.1) is 0 Å². The molecule has 0 aliphatic heterocycles. The van der Waals surface area contributed by atoms with E-state index < -0.39 is 0 Å². The van der Waals surface area contributed by atoms with E-state index in [1.165, 1.54) is 22.4 Å². The molecule has 2 aromatic carbocycles. The number of benzene rings is 2. The van der Waals surface area contributed by atoms with E-state index in [9.17, 15) is 0 Å². The second-order valence-electron chi connectivity index (χ2n) is 5.56. The molecule has 1 N–H and O–H groups in total. The van der Waals surface area contributed by atoms with Gasteiger partial charge in [-0.1, -0.05) is 17.7 Å². The van der Waals surface area contributed by atoms with Crippen LogP contribution in [0.25, 0.3) is 0 Å². The minimum Gasteiger partial charge on any atom is -0.496 e. The molecule has 0 atom stereocenters. The van der Waals surface area contributed by atoms with E-state index in [0.717, 1.165) is 18.0 Å². The Balaban J connectivity index is 2.15. The van der Waals surface area contributed by atoms with Gasteiger partial charge in [0.15, 0.2) is 0 Å². The van der Waals surface area contributed by atoms with Gasteiger partial charge in [0.05, 0.1) is 7.11 Å². The molecule has 112 valence electrons. The average molecular weight is 284 g/mol. The van der Waals surface area contributed by atoms with Crippen LogP contribution in [-0.2, 0) is 6.54 Å². The zero-order valence-electron chi connectivity index (χ0n) is 13.5. The number of anilines is 2. The third-order valence-electron chi connectivity index (χ3n) is 3.63. The first-order valence-electron chi connectivity index (χ1n) is 7.16. The van der Waals surface area contributed by atoms with E-state index in [-0.39, 0.29) is 0 Å². The lowest BCUT2D eigenvalue weighted by Crippen LogP contribution is -2.09. The number of rotatable bonds is 5. The summed E-state index contributed by atoms with van der Waals surface area (Å²) in [6.07, 6.45) is 0. The van der Waals surface area contributed by atoms with Crippen molar-refractivity contribution >= 4 is 11.4 Å². The van der Waals surface area contributed by atoms with E-state index >= 15 is 0 Å². The van der Waals surface area contributed by atoms with Crippen LogP contribution in [0.2, 0.25) is 0 Å². The van der Waals surface area contributed by atoms with Crippen molar-refractivity contribution in [2.45, 2.75) is 20.4 Å². The maximum Gasteiger partial charge on any atom is 0.123 e. The molecule has 0 unspecified atom stereocenters. The number of nitrogens with zero attached hydrogens (tertiary/aromatic N) is 1. The Bertz CT molecular complexity index is 621. The quantitative estimate of drug-likeness (QED) is 0.898. The van der Waals surface area contributed by atoms with Gasteiger partial charge in [0.2, 0.25) is 0 Å². The fraction of sp³-hybridized carbons (Fsp3) is 0.333. The summed E-state index contributed by atoms with van der Waals surface area (Å²) in [5.74, 6) is 0.927. The average Bonchev–Trinajstić information content (AvgIpc) is 2.46. The molecule has 0 aromatic heterocycles. The van der Waals surface area contributed by atoms with Crippen LogP contribution in [0.4, 0.5) is 11.4 Å². The smallest absolute Gasteiger partial charge is 0.123 e. The molecule has 3 heteroatoms. The molecule has 0 saturated heterocycles. The molecule has 21 heavy (non-hydrogen) atoms. The van der Waals surface area contributed by atoms with Gasteiger partial charge in [-0.05, 0) is 43.7 Å². The van der Waals surface area contributed by atoms with Crippen LogP contribution in [0, 0.1) is 13.8 Å². The van der Waals surface area contributed by atoms with Crippen molar-refractivity contribution in [3.63, 3.8) is 0 Å².